The maximum absolute atomic E-state index is 12.4. The van der Waals surface area contributed by atoms with Crippen molar-refractivity contribution in [1.29, 1.82) is 0 Å². The molecule has 1 amide bonds. The molecule has 0 unspecified atom stereocenters. The molecule has 0 atom stereocenters. The number of rotatable bonds is 5. The van der Waals surface area contributed by atoms with Gasteiger partial charge in [-0.25, -0.2) is 13.1 Å². The van der Waals surface area contributed by atoms with Crippen LogP contribution in [0.1, 0.15) is 11.5 Å². The van der Waals surface area contributed by atoms with E-state index in [1.54, 1.807) is 30.6 Å². The van der Waals surface area contributed by atoms with Crippen LogP contribution in [0.2, 0.25) is 0 Å². The number of pyridine rings is 1. The third-order valence-electron chi connectivity index (χ3n) is 3.80. The van der Waals surface area contributed by atoms with Crippen molar-refractivity contribution in [2.75, 3.05) is 5.32 Å². The summed E-state index contributed by atoms with van der Waals surface area (Å²) in [7, 11) is -3.78. The standard InChI is InChI=1S/C16H13N5O4S/c22-14-7-11-6-12(3-4-13(11)19-14)26(23,24)18-9-15-20-21-16(25-15)10-2-1-5-17-8-10/h1-6,8,18H,7,9H2,(H,19,22). The Morgan fingerprint density at radius 1 is 1.23 bits per heavy atom. The van der Waals surface area contributed by atoms with Crippen LogP contribution < -0.4 is 10.0 Å². The fraction of sp³-hybridized carbons (Fsp3) is 0.125. The van der Waals surface area contributed by atoms with Crippen molar-refractivity contribution in [3.8, 4) is 11.5 Å². The minimum atomic E-state index is -3.78. The van der Waals surface area contributed by atoms with E-state index in [2.05, 4.69) is 25.2 Å². The highest BCUT2D eigenvalue weighted by molar-refractivity contribution is 7.89. The molecule has 0 radical (unpaired) electrons. The molecule has 0 aliphatic carbocycles. The minimum absolute atomic E-state index is 0.0692. The fourth-order valence-corrected chi connectivity index (χ4v) is 3.57. The number of hydrogen-bond donors (Lipinski definition) is 2. The number of amides is 1. The molecule has 3 aromatic rings. The Balaban J connectivity index is 1.49. The van der Waals surface area contributed by atoms with Crippen LogP contribution in [0.3, 0.4) is 0 Å². The van der Waals surface area contributed by atoms with Gasteiger partial charge in [-0.3, -0.25) is 9.78 Å². The van der Waals surface area contributed by atoms with Gasteiger partial charge >= 0.3 is 0 Å². The summed E-state index contributed by atoms with van der Waals surface area (Å²) in [4.78, 5) is 15.4. The molecule has 1 aliphatic rings. The summed E-state index contributed by atoms with van der Waals surface area (Å²) in [5.41, 5.74) is 1.92. The predicted octanol–water partition coefficient (Wildman–Crippen LogP) is 1.10. The first-order chi connectivity index (χ1) is 12.5. The maximum Gasteiger partial charge on any atom is 0.249 e. The molecule has 3 heterocycles. The highest BCUT2D eigenvalue weighted by atomic mass is 32.2. The van der Waals surface area contributed by atoms with Crippen LogP contribution in [-0.2, 0) is 27.8 Å². The van der Waals surface area contributed by atoms with Gasteiger partial charge in [0.2, 0.25) is 27.7 Å². The number of anilines is 1. The second-order valence-corrected chi connectivity index (χ2v) is 7.38. The van der Waals surface area contributed by atoms with Gasteiger partial charge in [0.25, 0.3) is 0 Å². The fourth-order valence-electron chi connectivity index (χ4n) is 2.54. The third kappa shape index (κ3) is 3.19. The van der Waals surface area contributed by atoms with E-state index >= 15 is 0 Å². The van der Waals surface area contributed by atoms with Crippen LogP contribution in [-0.4, -0.2) is 29.5 Å². The van der Waals surface area contributed by atoms with Crippen molar-refractivity contribution in [2.45, 2.75) is 17.9 Å². The first kappa shape index (κ1) is 16.4. The second kappa shape index (κ2) is 6.32. The molecular formula is C16H13N5O4S. The number of carbonyl (C=O) groups excluding carboxylic acids is 1. The van der Waals surface area contributed by atoms with Gasteiger partial charge in [-0.1, -0.05) is 0 Å². The zero-order valence-corrected chi connectivity index (χ0v) is 14.2. The van der Waals surface area contributed by atoms with Gasteiger partial charge in [-0.05, 0) is 35.9 Å². The molecule has 0 fully saturated rings. The van der Waals surface area contributed by atoms with Gasteiger partial charge in [0.15, 0.2) is 0 Å². The van der Waals surface area contributed by atoms with Crippen molar-refractivity contribution < 1.29 is 17.6 Å². The van der Waals surface area contributed by atoms with Gasteiger partial charge < -0.3 is 9.73 Å². The number of nitrogens with zero attached hydrogens (tertiary/aromatic N) is 3. The maximum atomic E-state index is 12.4. The van der Waals surface area contributed by atoms with Crippen LogP contribution in [0.15, 0.2) is 52.0 Å². The van der Waals surface area contributed by atoms with Gasteiger partial charge in [0.1, 0.15) is 0 Å². The number of aromatic nitrogens is 3. The summed E-state index contributed by atoms with van der Waals surface area (Å²) in [5, 5.41) is 10.4. The quantitative estimate of drug-likeness (QED) is 0.687. The lowest BCUT2D eigenvalue weighted by Crippen LogP contribution is -2.23. The van der Waals surface area contributed by atoms with E-state index < -0.39 is 10.0 Å². The average Bonchev–Trinajstić information content (AvgIpc) is 3.25. The smallest absolute Gasteiger partial charge is 0.249 e. The van der Waals surface area contributed by atoms with Gasteiger partial charge in [-0.15, -0.1) is 10.2 Å². The van der Waals surface area contributed by atoms with E-state index in [9.17, 15) is 13.2 Å². The first-order valence-corrected chi connectivity index (χ1v) is 9.15. The summed E-state index contributed by atoms with van der Waals surface area (Å²) in [6.45, 7) is -0.149. The minimum Gasteiger partial charge on any atom is -0.419 e. The van der Waals surface area contributed by atoms with Gasteiger partial charge in [-0.2, -0.15) is 0 Å². The summed E-state index contributed by atoms with van der Waals surface area (Å²) >= 11 is 0. The van der Waals surface area contributed by atoms with Crippen molar-refractivity contribution in [3.63, 3.8) is 0 Å². The molecule has 1 aliphatic heterocycles. The number of fused-ring (bicyclic) bond motifs is 1. The molecule has 26 heavy (non-hydrogen) atoms. The van der Waals surface area contributed by atoms with Crippen LogP contribution in [0.4, 0.5) is 5.69 Å². The molecule has 0 saturated heterocycles. The number of benzene rings is 1. The van der Waals surface area contributed by atoms with E-state index in [-0.39, 0.29) is 35.5 Å². The predicted molar refractivity (Wildman–Crippen MR) is 90.3 cm³/mol. The van der Waals surface area contributed by atoms with E-state index in [0.29, 0.717) is 16.8 Å². The number of hydrogen-bond acceptors (Lipinski definition) is 7. The summed E-state index contributed by atoms with van der Waals surface area (Å²) in [5.74, 6) is 0.233. The molecule has 0 bridgehead atoms. The average molecular weight is 371 g/mol. The Hall–Kier alpha value is -3.11. The Morgan fingerprint density at radius 2 is 2.12 bits per heavy atom. The van der Waals surface area contributed by atoms with Crippen LogP contribution in [0.25, 0.3) is 11.5 Å². The topological polar surface area (TPSA) is 127 Å². The molecule has 10 heteroatoms. The molecular weight excluding hydrogens is 358 g/mol. The zero-order chi connectivity index (χ0) is 18.1. The van der Waals surface area contributed by atoms with Crippen molar-refractivity contribution in [3.05, 3.63) is 54.2 Å². The van der Waals surface area contributed by atoms with E-state index in [4.69, 9.17) is 4.42 Å². The molecule has 2 aromatic heterocycles. The Morgan fingerprint density at radius 3 is 2.92 bits per heavy atom. The lowest BCUT2D eigenvalue weighted by molar-refractivity contribution is -0.115. The van der Waals surface area contributed by atoms with Crippen LogP contribution in [0, 0.1) is 0 Å². The number of sulfonamides is 1. The molecule has 4 rings (SSSR count). The highest BCUT2D eigenvalue weighted by Gasteiger charge is 2.22. The first-order valence-electron chi connectivity index (χ1n) is 7.66. The third-order valence-corrected chi connectivity index (χ3v) is 5.20. The van der Waals surface area contributed by atoms with E-state index in [1.807, 2.05) is 0 Å². The van der Waals surface area contributed by atoms with Crippen molar-refractivity contribution in [2.24, 2.45) is 0 Å². The van der Waals surface area contributed by atoms with E-state index in [1.165, 1.54) is 12.1 Å². The Labute approximate surface area is 148 Å². The summed E-state index contributed by atoms with van der Waals surface area (Å²) in [6, 6.07) is 7.97. The lowest BCUT2D eigenvalue weighted by atomic mass is 10.2. The zero-order valence-electron chi connectivity index (χ0n) is 13.3. The van der Waals surface area contributed by atoms with Crippen molar-refractivity contribution >= 4 is 21.6 Å². The van der Waals surface area contributed by atoms with Crippen LogP contribution in [0.5, 0.6) is 0 Å². The molecule has 0 spiro atoms. The highest BCUT2D eigenvalue weighted by Crippen LogP contribution is 2.25. The van der Waals surface area contributed by atoms with Gasteiger partial charge in [0.05, 0.1) is 23.4 Å². The van der Waals surface area contributed by atoms with Crippen molar-refractivity contribution in [1.82, 2.24) is 19.9 Å². The van der Waals surface area contributed by atoms with Crippen LogP contribution >= 0.6 is 0 Å². The lowest BCUT2D eigenvalue weighted by Gasteiger charge is -2.06. The summed E-state index contributed by atoms with van der Waals surface area (Å²) in [6.07, 6.45) is 3.35. The number of nitrogens with one attached hydrogen (secondary N) is 2. The Bertz CT molecular complexity index is 1080. The normalized spacial score (nSPS) is 13.5. The SMILES string of the molecule is O=C1Cc2cc(S(=O)(=O)NCc3nnc(-c4cccnc4)o3)ccc2N1. The molecule has 0 saturated carbocycles. The molecule has 9 nitrogen and oxygen atoms in total. The molecule has 2 N–H and O–H groups in total. The Kier molecular flexibility index (Phi) is 3.98. The summed E-state index contributed by atoms with van der Waals surface area (Å²) < 4.78 is 32.8. The molecule has 132 valence electrons. The number of carbonyl (C=O) groups is 1. The monoisotopic (exact) mass is 371 g/mol. The van der Waals surface area contributed by atoms with E-state index in [0.717, 1.165) is 0 Å². The largest absolute Gasteiger partial charge is 0.419 e. The second-order valence-electron chi connectivity index (χ2n) is 5.61. The molecule has 1 aromatic carbocycles. The van der Waals surface area contributed by atoms with Gasteiger partial charge in [0, 0.05) is 18.1 Å².